The number of hydrogen-bond acceptors (Lipinski definition) is 1. The quantitative estimate of drug-likeness (QED) is 0.617. The minimum Gasteiger partial charge on any atom is -0.300 e. The second kappa shape index (κ2) is 8.76. The second-order valence-electron chi connectivity index (χ2n) is 3.57. The third-order valence-corrected chi connectivity index (χ3v) is 2.10. The maximum absolute atomic E-state index is 10.0. The van der Waals surface area contributed by atoms with E-state index >= 15 is 0 Å². The van der Waals surface area contributed by atoms with Crippen molar-refractivity contribution in [1.82, 2.24) is 0 Å². The van der Waals surface area contributed by atoms with Crippen LogP contribution in [0.15, 0.2) is 0 Å². The fraction of sp³-hybridized carbons (Fsp3) is 0.909. The third-order valence-electron chi connectivity index (χ3n) is 2.10. The molecule has 12 heavy (non-hydrogen) atoms. The average Bonchev–Trinajstić information content (AvgIpc) is 2.08. The summed E-state index contributed by atoms with van der Waals surface area (Å²) in [5.74, 6) is 0.289. The lowest BCUT2D eigenvalue weighted by Crippen LogP contribution is -1.85. The van der Waals surface area contributed by atoms with Crippen LogP contribution in [0.3, 0.4) is 0 Å². The minimum atomic E-state index is 0.289. The number of carbonyl (C=O) groups is 1. The number of hydrogen-bond donors (Lipinski definition) is 0. The van der Waals surface area contributed by atoms with Crippen LogP contribution in [0.1, 0.15) is 65.2 Å². The summed E-state index contributed by atoms with van der Waals surface area (Å²) >= 11 is 0. The standard InChI is InChI=1S/C6H12.C5H10O/c1-2-4-6-5-3-1;1-3-4-5(2)6/h1-6H2;3-4H2,1-2H3. The lowest BCUT2D eigenvalue weighted by molar-refractivity contribution is -0.117. The van der Waals surface area contributed by atoms with Gasteiger partial charge in [0.25, 0.3) is 0 Å². The van der Waals surface area contributed by atoms with E-state index in [0.717, 1.165) is 12.8 Å². The number of carbonyl (C=O) groups excluding carboxylic acids is 1. The summed E-state index contributed by atoms with van der Waals surface area (Å²) in [7, 11) is 0. The predicted octanol–water partition coefficient (Wildman–Crippen LogP) is 3.72. The molecular weight excluding hydrogens is 148 g/mol. The van der Waals surface area contributed by atoms with Gasteiger partial charge in [-0.3, -0.25) is 0 Å². The van der Waals surface area contributed by atoms with Crippen LogP contribution in [0.5, 0.6) is 0 Å². The van der Waals surface area contributed by atoms with Gasteiger partial charge in [-0.15, -0.1) is 0 Å². The van der Waals surface area contributed by atoms with Crippen molar-refractivity contribution in [2.45, 2.75) is 65.2 Å². The molecule has 0 aromatic heterocycles. The number of ketones is 1. The Hall–Kier alpha value is -0.330. The van der Waals surface area contributed by atoms with Crippen LogP contribution in [-0.4, -0.2) is 5.78 Å². The van der Waals surface area contributed by atoms with E-state index in [0.29, 0.717) is 0 Å². The number of rotatable bonds is 2. The highest BCUT2D eigenvalue weighted by molar-refractivity contribution is 5.75. The van der Waals surface area contributed by atoms with Crippen LogP contribution < -0.4 is 0 Å². The van der Waals surface area contributed by atoms with Gasteiger partial charge >= 0.3 is 0 Å². The summed E-state index contributed by atoms with van der Waals surface area (Å²) in [4.78, 5) is 10.0. The Morgan fingerprint density at radius 2 is 1.33 bits per heavy atom. The van der Waals surface area contributed by atoms with E-state index in [2.05, 4.69) is 0 Å². The van der Waals surface area contributed by atoms with E-state index in [1.165, 1.54) is 38.5 Å². The van der Waals surface area contributed by atoms with Gasteiger partial charge in [0.1, 0.15) is 5.78 Å². The van der Waals surface area contributed by atoms with Crippen LogP contribution in [0.4, 0.5) is 0 Å². The summed E-state index contributed by atoms with van der Waals surface area (Å²) < 4.78 is 0. The first-order valence-electron chi connectivity index (χ1n) is 5.26. The molecule has 0 atom stereocenters. The first-order chi connectivity index (χ1) is 5.77. The molecule has 1 aliphatic carbocycles. The second-order valence-corrected chi connectivity index (χ2v) is 3.57. The lowest BCUT2D eigenvalue weighted by atomic mass is 10.0. The van der Waals surface area contributed by atoms with Gasteiger partial charge in [0.05, 0.1) is 0 Å². The van der Waals surface area contributed by atoms with E-state index in [-0.39, 0.29) is 5.78 Å². The SMILES string of the molecule is C1CCCCC1.CCCC(C)=O. The summed E-state index contributed by atoms with van der Waals surface area (Å²) in [6, 6.07) is 0. The third kappa shape index (κ3) is 9.67. The van der Waals surface area contributed by atoms with Crippen molar-refractivity contribution in [2.75, 3.05) is 0 Å². The zero-order valence-electron chi connectivity index (χ0n) is 8.57. The molecule has 0 N–H and O–H groups in total. The van der Waals surface area contributed by atoms with Gasteiger partial charge in [-0.2, -0.15) is 0 Å². The van der Waals surface area contributed by atoms with Crippen molar-refractivity contribution < 1.29 is 4.79 Å². The van der Waals surface area contributed by atoms with Gasteiger partial charge in [0.2, 0.25) is 0 Å². The Kier molecular flexibility index (Phi) is 8.52. The zero-order valence-corrected chi connectivity index (χ0v) is 8.57. The molecule has 0 aliphatic heterocycles. The molecule has 1 fully saturated rings. The molecule has 0 saturated heterocycles. The molecular formula is C11H22O. The van der Waals surface area contributed by atoms with Crippen molar-refractivity contribution in [2.24, 2.45) is 0 Å². The molecule has 0 amide bonds. The smallest absolute Gasteiger partial charge is 0.129 e. The largest absolute Gasteiger partial charge is 0.300 e. The monoisotopic (exact) mass is 170 g/mol. The fourth-order valence-electron chi connectivity index (χ4n) is 1.41. The first-order valence-corrected chi connectivity index (χ1v) is 5.26. The lowest BCUT2D eigenvalue weighted by Gasteiger charge is -2.05. The van der Waals surface area contributed by atoms with Crippen LogP contribution >= 0.6 is 0 Å². The van der Waals surface area contributed by atoms with E-state index in [1.807, 2.05) is 6.92 Å². The van der Waals surface area contributed by atoms with Gasteiger partial charge in [0.15, 0.2) is 0 Å². The summed E-state index contributed by atoms with van der Waals surface area (Å²) in [5.41, 5.74) is 0. The molecule has 0 bridgehead atoms. The maximum Gasteiger partial charge on any atom is 0.129 e. The highest BCUT2D eigenvalue weighted by Crippen LogP contribution is 2.15. The van der Waals surface area contributed by atoms with Crippen molar-refractivity contribution in [3.63, 3.8) is 0 Å². The van der Waals surface area contributed by atoms with Gasteiger partial charge in [-0.25, -0.2) is 0 Å². The molecule has 1 nitrogen and oxygen atoms in total. The Balaban J connectivity index is 0.000000202. The summed E-state index contributed by atoms with van der Waals surface area (Å²) in [6.45, 7) is 3.62. The van der Waals surface area contributed by atoms with Crippen molar-refractivity contribution in [1.29, 1.82) is 0 Å². The van der Waals surface area contributed by atoms with Crippen LogP contribution in [0, 0.1) is 0 Å². The predicted molar refractivity (Wildman–Crippen MR) is 53.3 cm³/mol. The Morgan fingerprint density at radius 3 is 1.42 bits per heavy atom. The molecule has 1 rings (SSSR count). The van der Waals surface area contributed by atoms with E-state index in [1.54, 1.807) is 6.92 Å². The summed E-state index contributed by atoms with van der Waals surface area (Å²) in [6.07, 6.45) is 10.7. The van der Waals surface area contributed by atoms with Gasteiger partial charge < -0.3 is 4.79 Å². The normalized spacial score (nSPS) is 16.2. The Morgan fingerprint density at radius 1 is 1.00 bits per heavy atom. The molecule has 0 unspecified atom stereocenters. The van der Waals surface area contributed by atoms with E-state index in [9.17, 15) is 4.79 Å². The number of Topliss-reactive ketones (excluding diaryl/α,β-unsaturated/α-hetero) is 1. The van der Waals surface area contributed by atoms with Gasteiger partial charge in [0, 0.05) is 6.42 Å². The topological polar surface area (TPSA) is 17.1 Å². The van der Waals surface area contributed by atoms with Crippen molar-refractivity contribution in [3.05, 3.63) is 0 Å². The van der Waals surface area contributed by atoms with Crippen molar-refractivity contribution in [3.8, 4) is 0 Å². The Bertz CT molecular complexity index is 92.1. The molecule has 0 radical (unpaired) electrons. The summed E-state index contributed by atoms with van der Waals surface area (Å²) in [5, 5.41) is 0. The van der Waals surface area contributed by atoms with Crippen molar-refractivity contribution >= 4 is 5.78 Å². The van der Waals surface area contributed by atoms with E-state index in [4.69, 9.17) is 0 Å². The van der Waals surface area contributed by atoms with Crippen LogP contribution in [0.2, 0.25) is 0 Å². The molecule has 1 aliphatic rings. The zero-order chi connectivity index (χ0) is 9.23. The molecule has 0 spiro atoms. The molecule has 0 heterocycles. The molecule has 0 aromatic rings. The highest BCUT2D eigenvalue weighted by atomic mass is 16.1. The minimum absolute atomic E-state index is 0.289. The average molecular weight is 170 g/mol. The maximum atomic E-state index is 10.0. The Labute approximate surface area is 76.6 Å². The first kappa shape index (κ1) is 11.7. The van der Waals surface area contributed by atoms with Gasteiger partial charge in [-0.05, 0) is 13.3 Å². The fourth-order valence-corrected chi connectivity index (χ4v) is 1.41. The molecule has 72 valence electrons. The van der Waals surface area contributed by atoms with E-state index < -0.39 is 0 Å². The van der Waals surface area contributed by atoms with Gasteiger partial charge in [-0.1, -0.05) is 45.4 Å². The molecule has 1 saturated carbocycles. The van der Waals surface area contributed by atoms with Crippen LogP contribution in [0.25, 0.3) is 0 Å². The molecule has 1 heteroatoms. The van der Waals surface area contributed by atoms with Crippen LogP contribution in [-0.2, 0) is 4.79 Å². The highest BCUT2D eigenvalue weighted by Gasteiger charge is 1.95. The molecule has 0 aromatic carbocycles.